The van der Waals surface area contributed by atoms with Gasteiger partial charge in [0.05, 0.1) is 6.42 Å². The van der Waals surface area contributed by atoms with E-state index in [1.807, 2.05) is 24.3 Å². The molecule has 1 fully saturated rings. The van der Waals surface area contributed by atoms with Crippen LogP contribution in [0, 0.1) is 0 Å². The van der Waals surface area contributed by atoms with Crippen LogP contribution in [-0.2, 0) is 11.2 Å². The number of rotatable bonds is 4. The van der Waals surface area contributed by atoms with Crippen molar-refractivity contribution < 1.29 is 14.6 Å². The first kappa shape index (κ1) is 13.9. The van der Waals surface area contributed by atoms with Crippen molar-refractivity contribution in [2.24, 2.45) is 0 Å². The molecule has 0 spiro atoms. The SMILES string of the molecule is CN1CCCC(C)(Oc2ccc(CC(=O)O)cc2)C1. The van der Waals surface area contributed by atoms with Gasteiger partial charge in [-0.1, -0.05) is 12.1 Å². The number of carbonyl (C=O) groups is 1. The lowest BCUT2D eigenvalue weighted by atomic mass is 9.95. The van der Waals surface area contributed by atoms with E-state index in [4.69, 9.17) is 9.84 Å². The van der Waals surface area contributed by atoms with Gasteiger partial charge in [-0.15, -0.1) is 0 Å². The predicted octanol–water partition coefficient (Wildman–Crippen LogP) is 2.18. The highest BCUT2D eigenvalue weighted by molar-refractivity contribution is 5.70. The van der Waals surface area contributed by atoms with Crippen LogP contribution in [0.5, 0.6) is 5.75 Å². The Hall–Kier alpha value is -1.55. The first-order valence-electron chi connectivity index (χ1n) is 6.65. The fraction of sp³-hybridized carbons (Fsp3) is 0.533. The van der Waals surface area contributed by atoms with Gasteiger partial charge in [-0.25, -0.2) is 0 Å². The average molecular weight is 263 g/mol. The molecule has 1 heterocycles. The van der Waals surface area contributed by atoms with E-state index in [-0.39, 0.29) is 12.0 Å². The number of likely N-dealkylation sites (N-methyl/N-ethyl adjacent to an activating group) is 1. The molecule has 0 aromatic heterocycles. The van der Waals surface area contributed by atoms with Crippen LogP contribution in [0.2, 0.25) is 0 Å². The van der Waals surface area contributed by atoms with Gasteiger partial charge in [-0.3, -0.25) is 4.79 Å². The topological polar surface area (TPSA) is 49.8 Å². The number of ether oxygens (including phenoxy) is 1. The minimum Gasteiger partial charge on any atom is -0.486 e. The Kier molecular flexibility index (Phi) is 4.10. The first-order chi connectivity index (χ1) is 8.97. The molecule has 1 N–H and O–H groups in total. The summed E-state index contributed by atoms with van der Waals surface area (Å²) in [5.41, 5.74) is 0.646. The zero-order valence-corrected chi connectivity index (χ0v) is 11.6. The predicted molar refractivity (Wildman–Crippen MR) is 73.5 cm³/mol. The van der Waals surface area contributed by atoms with Gasteiger partial charge >= 0.3 is 5.97 Å². The van der Waals surface area contributed by atoms with Crippen molar-refractivity contribution in [2.45, 2.75) is 31.8 Å². The molecule has 0 amide bonds. The van der Waals surface area contributed by atoms with Gasteiger partial charge in [-0.2, -0.15) is 0 Å². The summed E-state index contributed by atoms with van der Waals surface area (Å²) in [6.07, 6.45) is 2.25. The number of carboxylic acids is 1. The molecule has 1 saturated heterocycles. The fourth-order valence-corrected chi connectivity index (χ4v) is 2.67. The van der Waals surface area contributed by atoms with E-state index in [0.29, 0.717) is 0 Å². The maximum absolute atomic E-state index is 10.6. The number of carboxylic acid groups (broad SMARTS) is 1. The highest BCUT2D eigenvalue weighted by atomic mass is 16.5. The molecule has 0 bridgehead atoms. The number of nitrogens with zero attached hydrogens (tertiary/aromatic N) is 1. The fourth-order valence-electron chi connectivity index (χ4n) is 2.67. The average Bonchev–Trinajstić information content (AvgIpc) is 2.30. The summed E-state index contributed by atoms with van der Waals surface area (Å²) in [7, 11) is 2.11. The van der Waals surface area contributed by atoms with E-state index < -0.39 is 5.97 Å². The second-order valence-electron chi connectivity index (χ2n) is 5.61. The van der Waals surface area contributed by atoms with Crippen molar-refractivity contribution >= 4 is 5.97 Å². The normalized spacial score (nSPS) is 24.1. The molecule has 1 aromatic carbocycles. The van der Waals surface area contributed by atoms with Gasteiger partial charge in [-0.05, 0) is 51.1 Å². The number of piperidine rings is 1. The third kappa shape index (κ3) is 3.96. The van der Waals surface area contributed by atoms with Gasteiger partial charge in [0.2, 0.25) is 0 Å². The number of hydrogen-bond acceptors (Lipinski definition) is 3. The number of benzene rings is 1. The molecule has 0 aliphatic carbocycles. The summed E-state index contributed by atoms with van der Waals surface area (Å²) in [6.45, 7) is 4.17. The molecular formula is C15H21NO3. The summed E-state index contributed by atoms with van der Waals surface area (Å²) in [5, 5.41) is 8.73. The van der Waals surface area contributed by atoms with Gasteiger partial charge in [0.25, 0.3) is 0 Å². The Balaban J connectivity index is 2.00. The van der Waals surface area contributed by atoms with Crippen molar-refractivity contribution in [3.63, 3.8) is 0 Å². The number of likely N-dealkylation sites (tertiary alicyclic amines) is 1. The molecule has 1 unspecified atom stereocenters. The minimum absolute atomic E-state index is 0.0558. The van der Waals surface area contributed by atoms with Crippen LogP contribution in [0.15, 0.2) is 24.3 Å². The molecule has 2 rings (SSSR count). The quantitative estimate of drug-likeness (QED) is 0.904. The van der Waals surface area contributed by atoms with Crippen LogP contribution in [0.25, 0.3) is 0 Å². The molecular weight excluding hydrogens is 242 g/mol. The maximum Gasteiger partial charge on any atom is 0.307 e. The Bertz CT molecular complexity index is 443. The van der Waals surface area contributed by atoms with E-state index in [1.165, 1.54) is 0 Å². The molecule has 1 atom stereocenters. The zero-order chi connectivity index (χ0) is 13.9. The minimum atomic E-state index is -0.811. The van der Waals surface area contributed by atoms with Crippen molar-refractivity contribution in [1.29, 1.82) is 0 Å². The van der Waals surface area contributed by atoms with Gasteiger partial charge < -0.3 is 14.7 Å². The summed E-state index contributed by atoms with van der Waals surface area (Å²) >= 11 is 0. The van der Waals surface area contributed by atoms with Gasteiger partial charge in [0.15, 0.2) is 0 Å². The largest absolute Gasteiger partial charge is 0.486 e. The molecule has 1 aromatic rings. The monoisotopic (exact) mass is 263 g/mol. The molecule has 1 aliphatic rings. The second kappa shape index (κ2) is 5.61. The standard InChI is InChI=1S/C15H21NO3/c1-15(8-3-9-16(2)11-15)19-13-6-4-12(5-7-13)10-14(17)18/h4-7H,3,8-11H2,1-2H3,(H,17,18). The number of hydrogen-bond donors (Lipinski definition) is 1. The third-order valence-electron chi connectivity index (χ3n) is 3.49. The van der Waals surface area contributed by atoms with Crippen LogP contribution < -0.4 is 4.74 Å². The maximum atomic E-state index is 10.6. The van der Waals surface area contributed by atoms with Crippen LogP contribution in [0.4, 0.5) is 0 Å². The summed E-state index contributed by atoms with van der Waals surface area (Å²) in [4.78, 5) is 12.9. The molecule has 19 heavy (non-hydrogen) atoms. The highest BCUT2D eigenvalue weighted by Crippen LogP contribution is 2.27. The second-order valence-corrected chi connectivity index (χ2v) is 5.61. The molecule has 104 valence electrons. The van der Waals surface area contributed by atoms with Gasteiger partial charge in [0.1, 0.15) is 11.4 Å². The van der Waals surface area contributed by atoms with Crippen molar-refractivity contribution in [1.82, 2.24) is 4.90 Å². The lowest BCUT2D eigenvalue weighted by Gasteiger charge is -2.39. The van der Waals surface area contributed by atoms with Crippen LogP contribution in [0.3, 0.4) is 0 Å². The van der Waals surface area contributed by atoms with Crippen molar-refractivity contribution in [3.8, 4) is 5.75 Å². The van der Waals surface area contributed by atoms with Crippen LogP contribution in [-0.4, -0.2) is 41.7 Å². The highest BCUT2D eigenvalue weighted by Gasteiger charge is 2.31. The Morgan fingerprint density at radius 1 is 1.42 bits per heavy atom. The van der Waals surface area contributed by atoms with Crippen molar-refractivity contribution in [2.75, 3.05) is 20.1 Å². The Morgan fingerprint density at radius 3 is 2.68 bits per heavy atom. The van der Waals surface area contributed by atoms with E-state index in [2.05, 4.69) is 18.9 Å². The van der Waals surface area contributed by atoms with Crippen LogP contribution >= 0.6 is 0 Å². The van der Waals surface area contributed by atoms with E-state index in [0.717, 1.165) is 37.2 Å². The van der Waals surface area contributed by atoms with E-state index >= 15 is 0 Å². The molecule has 0 saturated carbocycles. The number of aliphatic carboxylic acids is 1. The smallest absolute Gasteiger partial charge is 0.307 e. The zero-order valence-electron chi connectivity index (χ0n) is 11.6. The lowest BCUT2D eigenvalue weighted by Crippen LogP contribution is -2.48. The lowest BCUT2D eigenvalue weighted by molar-refractivity contribution is -0.136. The van der Waals surface area contributed by atoms with E-state index in [9.17, 15) is 4.79 Å². The Labute approximate surface area is 114 Å². The Morgan fingerprint density at radius 2 is 2.11 bits per heavy atom. The van der Waals surface area contributed by atoms with Gasteiger partial charge in [0, 0.05) is 6.54 Å². The third-order valence-corrected chi connectivity index (χ3v) is 3.49. The van der Waals surface area contributed by atoms with Crippen molar-refractivity contribution in [3.05, 3.63) is 29.8 Å². The summed E-state index contributed by atoms with van der Waals surface area (Å²) < 4.78 is 6.08. The molecule has 1 aliphatic heterocycles. The summed E-state index contributed by atoms with van der Waals surface area (Å²) in [6, 6.07) is 7.36. The molecule has 4 nitrogen and oxygen atoms in total. The van der Waals surface area contributed by atoms with E-state index in [1.54, 1.807) is 0 Å². The molecule has 0 radical (unpaired) electrons. The summed E-state index contributed by atoms with van der Waals surface area (Å²) in [5.74, 6) is 0.00137. The van der Waals surface area contributed by atoms with Crippen LogP contribution in [0.1, 0.15) is 25.3 Å². The first-order valence-corrected chi connectivity index (χ1v) is 6.65. The molecule has 4 heteroatoms.